The number of carbonyl (C=O) groups excluding carboxylic acids is 3. The zero-order chi connectivity index (χ0) is 22.1. The van der Waals surface area contributed by atoms with Crippen LogP contribution in [0.3, 0.4) is 0 Å². The van der Waals surface area contributed by atoms with E-state index in [1.54, 1.807) is 18.2 Å². The molecule has 7 nitrogen and oxygen atoms in total. The van der Waals surface area contributed by atoms with Crippen LogP contribution in [0.4, 0.5) is 14.9 Å². The number of benzene rings is 2. The Balaban J connectivity index is 1.65. The van der Waals surface area contributed by atoms with Gasteiger partial charge in [-0.15, -0.1) is 0 Å². The van der Waals surface area contributed by atoms with Gasteiger partial charge in [-0.1, -0.05) is 11.6 Å². The quantitative estimate of drug-likeness (QED) is 0.479. The number of imide groups is 2. The smallest absolute Gasteiger partial charge is 0.335 e. The van der Waals surface area contributed by atoms with Crippen molar-refractivity contribution in [3.63, 3.8) is 0 Å². The largest absolute Gasteiger partial charge is 0.497 e. The third-order valence-electron chi connectivity index (χ3n) is 4.55. The van der Waals surface area contributed by atoms with E-state index in [-0.39, 0.29) is 22.0 Å². The molecule has 2 aromatic carbocycles. The predicted octanol–water partition coefficient (Wildman–Crippen LogP) is 4.41. The topological polar surface area (TPSA) is 88.8 Å². The first kappa shape index (κ1) is 20.4. The number of hydrogen-bond donors (Lipinski definition) is 1. The van der Waals surface area contributed by atoms with E-state index in [1.165, 1.54) is 49.6 Å². The van der Waals surface area contributed by atoms with E-state index >= 15 is 0 Å². The average molecular weight is 441 g/mol. The molecule has 1 fully saturated rings. The SMILES string of the molecule is COc1ccc(N2C(=O)NC(=O)/C(=C\c3ccc(-c4ccc(F)c(Cl)c4)o3)C2=O)cc1. The van der Waals surface area contributed by atoms with Crippen molar-refractivity contribution in [2.45, 2.75) is 0 Å². The molecule has 156 valence electrons. The maximum atomic E-state index is 13.4. The lowest BCUT2D eigenvalue weighted by Gasteiger charge is -2.26. The predicted molar refractivity (Wildman–Crippen MR) is 111 cm³/mol. The maximum Gasteiger partial charge on any atom is 0.335 e. The van der Waals surface area contributed by atoms with Crippen LogP contribution < -0.4 is 15.0 Å². The second kappa shape index (κ2) is 8.08. The molecular formula is C22H14ClFN2O5. The molecule has 3 aromatic rings. The van der Waals surface area contributed by atoms with Gasteiger partial charge in [-0.3, -0.25) is 14.9 Å². The van der Waals surface area contributed by atoms with E-state index in [4.69, 9.17) is 20.8 Å². The van der Waals surface area contributed by atoms with Crippen molar-refractivity contribution in [3.05, 3.63) is 76.8 Å². The second-order valence-corrected chi connectivity index (χ2v) is 6.89. The van der Waals surface area contributed by atoms with Gasteiger partial charge < -0.3 is 9.15 Å². The Kier molecular flexibility index (Phi) is 5.31. The van der Waals surface area contributed by atoms with Crippen LogP contribution in [0.5, 0.6) is 5.75 Å². The Morgan fingerprint density at radius 2 is 1.81 bits per heavy atom. The highest BCUT2D eigenvalue weighted by Crippen LogP contribution is 2.28. The molecule has 0 unspecified atom stereocenters. The summed E-state index contributed by atoms with van der Waals surface area (Å²) in [7, 11) is 1.49. The van der Waals surface area contributed by atoms with Crippen LogP contribution in [-0.4, -0.2) is 25.0 Å². The number of carbonyl (C=O) groups is 3. The molecule has 0 saturated carbocycles. The van der Waals surface area contributed by atoms with Gasteiger partial charge in [0.1, 0.15) is 28.7 Å². The van der Waals surface area contributed by atoms with Gasteiger partial charge in [0.15, 0.2) is 0 Å². The van der Waals surface area contributed by atoms with Crippen LogP contribution in [0.25, 0.3) is 17.4 Å². The fourth-order valence-electron chi connectivity index (χ4n) is 3.00. The number of rotatable bonds is 4. The number of barbiturate groups is 1. The zero-order valence-corrected chi connectivity index (χ0v) is 16.8. The third kappa shape index (κ3) is 3.93. The monoisotopic (exact) mass is 440 g/mol. The number of ether oxygens (including phenoxy) is 1. The summed E-state index contributed by atoms with van der Waals surface area (Å²) in [5, 5.41) is 2.07. The average Bonchev–Trinajstić information content (AvgIpc) is 3.22. The molecule has 1 N–H and O–H groups in total. The Bertz CT molecular complexity index is 1230. The molecule has 0 spiro atoms. The number of urea groups is 1. The minimum absolute atomic E-state index is 0.0655. The van der Waals surface area contributed by atoms with E-state index in [0.29, 0.717) is 17.1 Å². The summed E-state index contributed by atoms with van der Waals surface area (Å²) in [6.07, 6.45) is 1.23. The van der Waals surface area contributed by atoms with Gasteiger partial charge in [0.2, 0.25) is 0 Å². The molecule has 0 radical (unpaired) electrons. The molecule has 0 atom stereocenters. The van der Waals surface area contributed by atoms with Crippen LogP contribution in [0, 0.1) is 5.82 Å². The van der Waals surface area contributed by atoms with Crippen molar-refractivity contribution in [2.75, 3.05) is 12.0 Å². The Morgan fingerprint density at radius 3 is 2.48 bits per heavy atom. The number of furan rings is 1. The maximum absolute atomic E-state index is 13.4. The summed E-state index contributed by atoms with van der Waals surface area (Å²) in [5.41, 5.74) is 0.502. The first-order valence-electron chi connectivity index (χ1n) is 8.98. The molecule has 4 rings (SSSR count). The molecule has 31 heavy (non-hydrogen) atoms. The van der Waals surface area contributed by atoms with Crippen molar-refractivity contribution >= 4 is 41.2 Å². The first-order chi connectivity index (χ1) is 14.9. The minimum Gasteiger partial charge on any atom is -0.497 e. The highest BCUT2D eigenvalue weighted by molar-refractivity contribution is 6.39. The molecule has 4 amide bonds. The standard InChI is InChI=1S/C22H14ClFN2O5/c1-30-14-5-3-13(4-6-14)26-21(28)16(20(27)25-22(26)29)11-15-7-9-19(31-15)12-2-8-18(24)17(23)10-12/h2-11H,1H3,(H,25,27,29)/b16-11+. The van der Waals surface area contributed by atoms with Gasteiger partial charge in [0.05, 0.1) is 17.8 Å². The Hall–Kier alpha value is -3.91. The highest BCUT2D eigenvalue weighted by atomic mass is 35.5. The summed E-state index contributed by atoms with van der Waals surface area (Å²) >= 11 is 5.80. The van der Waals surface area contributed by atoms with Crippen LogP contribution in [0.1, 0.15) is 5.76 Å². The van der Waals surface area contributed by atoms with E-state index in [1.807, 2.05) is 0 Å². The number of amides is 4. The lowest BCUT2D eigenvalue weighted by Crippen LogP contribution is -2.54. The zero-order valence-electron chi connectivity index (χ0n) is 16.0. The number of anilines is 1. The molecular weight excluding hydrogens is 427 g/mol. The van der Waals surface area contributed by atoms with Gasteiger partial charge in [0.25, 0.3) is 11.8 Å². The van der Waals surface area contributed by atoms with E-state index in [0.717, 1.165) is 4.90 Å². The fraction of sp³-hybridized carbons (Fsp3) is 0.0455. The van der Waals surface area contributed by atoms with Crippen LogP contribution >= 0.6 is 11.6 Å². The fourth-order valence-corrected chi connectivity index (χ4v) is 3.18. The number of methoxy groups -OCH3 is 1. The molecule has 1 aliphatic rings. The van der Waals surface area contributed by atoms with Gasteiger partial charge >= 0.3 is 6.03 Å². The summed E-state index contributed by atoms with van der Waals surface area (Å²) in [5.74, 6) is -1.11. The number of nitrogens with zero attached hydrogens (tertiary/aromatic N) is 1. The van der Waals surface area contributed by atoms with Crippen molar-refractivity contribution < 1.29 is 27.9 Å². The highest BCUT2D eigenvalue weighted by Gasteiger charge is 2.37. The number of nitrogens with one attached hydrogen (secondary N) is 1. The van der Waals surface area contributed by atoms with Crippen molar-refractivity contribution in [1.29, 1.82) is 0 Å². The molecule has 0 aliphatic carbocycles. The molecule has 9 heteroatoms. The normalized spacial score (nSPS) is 15.4. The summed E-state index contributed by atoms with van der Waals surface area (Å²) in [6, 6.07) is 12.6. The lowest BCUT2D eigenvalue weighted by atomic mass is 10.1. The Morgan fingerprint density at radius 1 is 1.06 bits per heavy atom. The summed E-state index contributed by atoms with van der Waals surface area (Å²) in [4.78, 5) is 38.3. The third-order valence-corrected chi connectivity index (χ3v) is 4.84. The van der Waals surface area contributed by atoms with Gasteiger partial charge in [0, 0.05) is 5.56 Å². The van der Waals surface area contributed by atoms with Gasteiger partial charge in [-0.2, -0.15) is 0 Å². The van der Waals surface area contributed by atoms with Crippen molar-refractivity contribution in [1.82, 2.24) is 5.32 Å². The Labute approximate surface area is 180 Å². The van der Waals surface area contributed by atoms with Crippen molar-refractivity contribution in [3.8, 4) is 17.1 Å². The van der Waals surface area contributed by atoms with E-state index in [2.05, 4.69) is 5.32 Å². The molecule has 0 bridgehead atoms. The van der Waals surface area contributed by atoms with E-state index in [9.17, 15) is 18.8 Å². The van der Waals surface area contributed by atoms with Crippen molar-refractivity contribution in [2.24, 2.45) is 0 Å². The molecule has 1 aliphatic heterocycles. The molecule has 1 saturated heterocycles. The second-order valence-electron chi connectivity index (χ2n) is 6.49. The lowest BCUT2D eigenvalue weighted by molar-refractivity contribution is -0.122. The van der Waals surface area contributed by atoms with Crippen LogP contribution in [0.2, 0.25) is 5.02 Å². The number of hydrogen-bond acceptors (Lipinski definition) is 5. The van der Waals surface area contributed by atoms with Crippen LogP contribution in [0.15, 0.2) is 64.6 Å². The van der Waals surface area contributed by atoms with Gasteiger partial charge in [-0.05, 0) is 60.7 Å². The summed E-state index contributed by atoms with van der Waals surface area (Å²) < 4.78 is 24.1. The molecule has 2 heterocycles. The molecule has 1 aromatic heterocycles. The number of halogens is 2. The first-order valence-corrected chi connectivity index (χ1v) is 9.36. The van der Waals surface area contributed by atoms with Gasteiger partial charge in [-0.25, -0.2) is 14.1 Å². The minimum atomic E-state index is -0.863. The summed E-state index contributed by atoms with van der Waals surface area (Å²) in [6.45, 7) is 0. The van der Waals surface area contributed by atoms with Crippen LogP contribution in [-0.2, 0) is 9.59 Å². The van der Waals surface area contributed by atoms with E-state index < -0.39 is 23.7 Å².